The van der Waals surface area contributed by atoms with Gasteiger partial charge in [0.2, 0.25) is 20.0 Å². The van der Waals surface area contributed by atoms with Gasteiger partial charge < -0.3 is 5.11 Å². The van der Waals surface area contributed by atoms with Crippen LogP contribution in [0, 0.1) is 12.3 Å². The van der Waals surface area contributed by atoms with Gasteiger partial charge >= 0.3 is 5.97 Å². The minimum absolute atomic E-state index is 0.403. The number of hydrogen-bond acceptors (Lipinski definition) is 5. The average molecular weight is 332 g/mol. The zero-order valence-corrected chi connectivity index (χ0v) is 12.3. The fourth-order valence-electron chi connectivity index (χ4n) is 1.44. The van der Waals surface area contributed by atoms with Gasteiger partial charge in [0.15, 0.2) is 0 Å². The molecule has 1 aromatic carbocycles. The van der Waals surface area contributed by atoms with Gasteiger partial charge in [-0.1, -0.05) is 12.0 Å². The van der Waals surface area contributed by atoms with Gasteiger partial charge in [0, 0.05) is 0 Å². The Hall–Kier alpha value is -1.93. The summed E-state index contributed by atoms with van der Waals surface area (Å²) in [7, 11) is -8.34. The second kappa shape index (κ2) is 6.23. The Balaban J connectivity index is 3.35. The van der Waals surface area contributed by atoms with Crippen LogP contribution in [0.5, 0.6) is 0 Å². The molecule has 0 aliphatic rings. The van der Waals surface area contributed by atoms with E-state index in [1.165, 1.54) is 6.07 Å². The van der Waals surface area contributed by atoms with Crippen LogP contribution in [0.25, 0.3) is 0 Å². The van der Waals surface area contributed by atoms with Crippen LogP contribution < -0.4 is 5.14 Å². The molecular weight excluding hydrogens is 320 g/mol. The van der Waals surface area contributed by atoms with Gasteiger partial charge in [0.25, 0.3) is 0 Å². The van der Waals surface area contributed by atoms with E-state index in [0.29, 0.717) is 4.31 Å². The molecule has 0 heterocycles. The number of carboxylic acids is 1. The molecule has 0 fully saturated rings. The minimum atomic E-state index is -4.25. The van der Waals surface area contributed by atoms with Crippen LogP contribution in [0.4, 0.5) is 0 Å². The summed E-state index contributed by atoms with van der Waals surface area (Å²) in [6, 6.07) is 4.27. The zero-order valence-electron chi connectivity index (χ0n) is 10.6. The number of terminal acetylenes is 1. The molecule has 114 valence electrons. The second-order valence-electron chi connectivity index (χ2n) is 3.89. The molecule has 0 aliphatic heterocycles. The Bertz CT molecular complexity index is 792. The Morgan fingerprint density at radius 2 is 1.86 bits per heavy atom. The quantitative estimate of drug-likeness (QED) is 0.644. The Labute approximate surface area is 122 Å². The van der Waals surface area contributed by atoms with Crippen molar-refractivity contribution in [1.82, 2.24) is 4.31 Å². The Morgan fingerprint density at radius 1 is 1.29 bits per heavy atom. The van der Waals surface area contributed by atoms with Crippen molar-refractivity contribution in [2.75, 3.05) is 13.1 Å². The topological polar surface area (TPSA) is 135 Å². The molecule has 0 aliphatic carbocycles. The van der Waals surface area contributed by atoms with E-state index in [0.717, 1.165) is 18.2 Å². The summed E-state index contributed by atoms with van der Waals surface area (Å²) in [6.45, 7) is -1.31. The highest BCUT2D eigenvalue weighted by Crippen LogP contribution is 2.18. The number of aliphatic carboxylic acids is 1. The van der Waals surface area contributed by atoms with E-state index in [1.54, 1.807) is 0 Å². The van der Waals surface area contributed by atoms with E-state index in [2.05, 4.69) is 0 Å². The largest absolute Gasteiger partial charge is 0.480 e. The molecule has 8 nitrogen and oxygen atoms in total. The maximum atomic E-state index is 12.3. The van der Waals surface area contributed by atoms with E-state index in [4.69, 9.17) is 16.7 Å². The first-order valence-electron chi connectivity index (χ1n) is 5.37. The summed E-state index contributed by atoms with van der Waals surface area (Å²) in [6.07, 6.45) is 5.01. The lowest BCUT2D eigenvalue weighted by molar-refractivity contribution is -0.137. The predicted octanol–water partition coefficient (Wildman–Crippen LogP) is -0.957. The van der Waals surface area contributed by atoms with Crippen LogP contribution in [0.2, 0.25) is 0 Å². The molecule has 0 saturated carbocycles. The lowest BCUT2D eigenvalue weighted by Crippen LogP contribution is -2.36. The van der Waals surface area contributed by atoms with Crippen molar-refractivity contribution >= 4 is 26.0 Å². The molecule has 0 aromatic heterocycles. The number of benzene rings is 1. The lowest BCUT2D eigenvalue weighted by atomic mass is 10.4. The first-order valence-corrected chi connectivity index (χ1v) is 8.36. The molecule has 0 amide bonds. The van der Waals surface area contributed by atoms with Crippen LogP contribution in [0.1, 0.15) is 0 Å². The molecule has 1 rings (SSSR count). The van der Waals surface area contributed by atoms with E-state index < -0.39 is 48.9 Å². The van der Waals surface area contributed by atoms with Gasteiger partial charge in [-0.2, -0.15) is 4.31 Å². The number of nitrogens with two attached hydrogens (primary N) is 1. The third kappa shape index (κ3) is 4.27. The SMILES string of the molecule is C#CCN(CC(=O)O)S(=O)(=O)c1cccc(S(N)(=O)=O)c1. The van der Waals surface area contributed by atoms with Crippen molar-refractivity contribution in [1.29, 1.82) is 0 Å². The van der Waals surface area contributed by atoms with Crippen molar-refractivity contribution in [2.24, 2.45) is 5.14 Å². The molecule has 0 bridgehead atoms. The maximum Gasteiger partial charge on any atom is 0.318 e. The highest BCUT2D eigenvalue weighted by Gasteiger charge is 2.26. The van der Waals surface area contributed by atoms with E-state index in [9.17, 15) is 21.6 Å². The molecular formula is C11H12N2O6S2. The van der Waals surface area contributed by atoms with E-state index >= 15 is 0 Å². The number of sulfonamides is 2. The fraction of sp³-hybridized carbons (Fsp3) is 0.182. The molecule has 21 heavy (non-hydrogen) atoms. The Kier molecular flexibility index (Phi) is 5.08. The summed E-state index contributed by atoms with van der Waals surface area (Å²) in [5.41, 5.74) is 0. The lowest BCUT2D eigenvalue weighted by Gasteiger charge is -2.18. The monoisotopic (exact) mass is 332 g/mol. The second-order valence-corrected chi connectivity index (χ2v) is 7.39. The molecule has 10 heteroatoms. The van der Waals surface area contributed by atoms with Gasteiger partial charge in [-0.15, -0.1) is 6.42 Å². The minimum Gasteiger partial charge on any atom is -0.480 e. The van der Waals surface area contributed by atoms with E-state index in [1.807, 2.05) is 5.92 Å². The summed E-state index contributed by atoms with van der Waals surface area (Å²) >= 11 is 0. The molecule has 0 spiro atoms. The van der Waals surface area contributed by atoms with Crippen molar-refractivity contribution in [3.63, 3.8) is 0 Å². The third-order valence-electron chi connectivity index (χ3n) is 2.35. The summed E-state index contributed by atoms with van der Waals surface area (Å²) in [5.74, 6) is 0.642. The van der Waals surface area contributed by atoms with Gasteiger partial charge in [0.1, 0.15) is 6.54 Å². The highest BCUT2D eigenvalue weighted by molar-refractivity contribution is 7.90. The normalized spacial score (nSPS) is 12.0. The first-order chi connectivity index (χ1) is 9.59. The summed E-state index contributed by atoms with van der Waals surface area (Å²) < 4.78 is 47.5. The standard InChI is InChI=1S/C11H12N2O6S2/c1-2-6-13(8-11(14)15)21(18,19)10-5-3-4-9(7-10)20(12,16)17/h1,3-5,7H,6,8H2,(H,14,15)(H2,12,16,17). The van der Waals surface area contributed by atoms with Gasteiger partial charge in [-0.25, -0.2) is 22.0 Å². The molecule has 0 radical (unpaired) electrons. The van der Waals surface area contributed by atoms with Crippen molar-refractivity contribution < 1.29 is 26.7 Å². The summed E-state index contributed by atoms with van der Waals surface area (Å²) in [5, 5.41) is 13.6. The molecule has 1 aromatic rings. The van der Waals surface area contributed by atoms with Crippen molar-refractivity contribution in [2.45, 2.75) is 9.79 Å². The highest BCUT2D eigenvalue weighted by atomic mass is 32.2. The molecule has 0 unspecified atom stereocenters. The number of primary sulfonamides is 1. The van der Waals surface area contributed by atoms with Crippen LogP contribution in [-0.2, 0) is 24.8 Å². The number of rotatable bonds is 6. The van der Waals surface area contributed by atoms with Crippen LogP contribution >= 0.6 is 0 Å². The van der Waals surface area contributed by atoms with Crippen molar-refractivity contribution in [3.8, 4) is 12.3 Å². The Morgan fingerprint density at radius 3 is 2.33 bits per heavy atom. The van der Waals surface area contributed by atoms with Crippen LogP contribution in [0.15, 0.2) is 34.1 Å². The van der Waals surface area contributed by atoms with Crippen LogP contribution in [0.3, 0.4) is 0 Å². The van der Waals surface area contributed by atoms with Crippen LogP contribution in [-0.4, -0.2) is 45.3 Å². The summed E-state index contributed by atoms with van der Waals surface area (Å²) in [4.78, 5) is 9.88. The van der Waals surface area contributed by atoms with Gasteiger partial charge in [-0.3, -0.25) is 4.79 Å². The number of hydrogen-bond donors (Lipinski definition) is 2. The smallest absolute Gasteiger partial charge is 0.318 e. The third-order valence-corrected chi connectivity index (χ3v) is 5.05. The van der Waals surface area contributed by atoms with Gasteiger partial charge in [-0.05, 0) is 18.2 Å². The zero-order chi connectivity index (χ0) is 16.3. The average Bonchev–Trinajstić information content (AvgIpc) is 2.37. The maximum absolute atomic E-state index is 12.3. The first kappa shape index (κ1) is 17.1. The molecule has 0 atom stereocenters. The molecule has 0 saturated heterocycles. The number of nitrogens with zero attached hydrogens (tertiary/aromatic N) is 1. The number of carbonyl (C=O) groups is 1. The van der Waals surface area contributed by atoms with Gasteiger partial charge in [0.05, 0.1) is 16.3 Å². The van der Waals surface area contributed by atoms with E-state index in [-0.39, 0.29) is 0 Å². The number of carboxylic acid groups (broad SMARTS) is 1. The molecule has 3 N–H and O–H groups in total. The van der Waals surface area contributed by atoms with Crippen molar-refractivity contribution in [3.05, 3.63) is 24.3 Å². The predicted molar refractivity (Wildman–Crippen MR) is 73.0 cm³/mol. The fourth-order valence-corrected chi connectivity index (χ4v) is 3.42.